The van der Waals surface area contributed by atoms with Crippen LogP contribution in [-0.4, -0.2) is 101 Å². The monoisotopic (exact) mass is 518 g/mol. The Morgan fingerprint density at radius 2 is 1.57 bits per heavy atom. The third kappa shape index (κ3) is 10.1. The molecule has 5 amide bonds. The van der Waals surface area contributed by atoms with Crippen LogP contribution < -0.4 is 31.9 Å². The molecule has 6 atom stereocenters. The van der Waals surface area contributed by atoms with Gasteiger partial charge in [-0.3, -0.25) is 24.0 Å². The lowest BCUT2D eigenvalue weighted by molar-refractivity contribution is -0.141. The van der Waals surface area contributed by atoms with Gasteiger partial charge in [0.15, 0.2) is 0 Å². The van der Waals surface area contributed by atoms with Crippen molar-refractivity contribution < 1.29 is 39.0 Å². The van der Waals surface area contributed by atoms with Gasteiger partial charge in [0.05, 0.1) is 18.7 Å². The number of carbonyl (C=O) groups is 6. The number of nitrogens with one attached hydrogen (secondary N) is 6. The van der Waals surface area contributed by atoms with E-state index < -0.39 is 66.4 Å². The molecular formula is C20H34N6O8S. The molecule has 1 fully saturated rings. The first kappa shape index (κ1) is 30.1. The summed E-state index contributed by atoms with van der Waals surface area (Å²) in [7, 11) is 0. The molecule has 0 radical (unpaired) electrons. The van der Waals surface area contributed by atoms with Gasteiger partial charge in [-0.25, -0.2) is 4.79 Å². The average molecular weight is 519 g/mol. The third-order valence-corrected chi connectivity index (χ3v) is 5.55. The highest BCUT2D eigenvalue weighted by atomic mass is 32.1. The third-order valence-electron chi connectivity index (χ3n) is 5.18. The lowest BCUT2D eigenvalue weighted by Gasteiger charge is -2.24. The van der Waals surface area contributed by atoms with Crippen molar-refractivity contribution in [1.82, 2.24) is 31.9 Å². The largest absolute Gasteiger partial charge is 0.480 e. The Bertz CT molecular complexity index is 804. The van der Waals surface area contributed by atoms with E-state index in [0.29, 0.717) is 6.42 Å². The van der Waals surface area contributed by atoms with Crippen molar-refractivity contribution >= 4 is 48.1 Å². The topological polar surface area (TPSA) is 215 Å². The van der Waals surface area contributed by atoms with Crippen LogP contribution in [0.25, 0.3) is 0 Å². The molecule has 198 valence electrons. The van der Waals surface area contributed by atoms with Gasteiger partial charge < -0.3 is 42.1 Å². The molecule has 1 heterocycles. The summed E-state index contributed by atoms with van der Waals surface area (Å²) in [5.74, 6) is -4.90. The van der Waals surface area contributed by atoms with Crippen LogP contribution in [0.5, 0.6) is 0 Å². The maximum Gasteiger partial charge on any atom is 0.327 e. The highest BCUT2D eigenvalue weighted by Crippen LogP contribution is 2.05. The fraction of sp³-hybridized carbons (Fsp3) is 0.700. The molecular weight excluding hydrogens is 484 g/mol. The molecule has 0 bridgehead atoms. The zero-order valence-electron chi connectivity index (χ0n) is 19.8. The Morgan fingerprint density at radius 1 is 0.943 bits per heavy atom. The fourth-order valence-electron chi connectivity index (χ4n) is 3.09. The maximum atomic E-state index is 12.5. The van der Waals surface area contributed by atoms with Gasteiger partial charge in [-0.15, -0.1) is 0 Å². The van der Waals surface area contributed by atoms with Gasteiger partial charge in [0.2, 0.25) is 29.5 Å². The van der Waals surface area contributed by atoms with Gasteiger partial charge >= 0.3 is 5.97 Å². The van der Waals surface area contributed by atoms with Crippen LogP contribution in [0.1, 0.15) is 33.6 Å². The molecule has 0 saturated carbocycles. The van der Waals surface area contributed by atoms with Crippen LogP contribution in [0, 0.1) is 0 Å². The van der Waals surface area contributed by atoms with E-state index in [1.165, 1.54) is 20.8 Å². The van der Waals surface area contributed by atoms with E-state index >= 15 is 0 Å². The van der Waals surface area contributed by atoms with E-state index in [1.807, 2.05) is 0 Å². The molecule has 1 rings (SSSR count). The summed E-state index contributed by atoms with van der Waals surface area (Å²) < 4.78 is 0. The normalized spacial score (nSPS) is 19.3. The summed E-state index contributed by atoms with van der Waals surface area (Å²) in [6.45, 7) is 4.18. The number of rotatable bonds is 13. The number of carbonyl (C=O) groups excluding carboxylic acids is 5. The van der Waals surface area contributed by atoms with Gasteiger partial charge in [-0.05, 0) is 40.2 Å². The molecule has 0 aromatic heterocycles. The van der Waals surface area contributed by atoms with E-state index in [2.05, 4.69) is 44.5 Å². The van der Waals surface area contributed by atoms with Crippen molar-refractivity contribution in [1.29, 1.82) is 0 Å². The van der Waals surface area contributed by atoms with E-state index in [9.17, 15) is 33.9 Å². The van der Waals surface area contributed by atoms with Gasteiger partial charge in [-0.2, -0.15) is 12.6 Å². The number of hydrogen-bond acceptors (Lipinski definition) is 9. The first-order valence-corrected chi connectivity index (χ1v) is 11.7. The number of hydrogen-bond donors (Lipinski definition) is 9. The van der Waals surface area contributed by atoms with Crippen LogP contribution in [0.3, 0.4) is 0 Å². The predicted molar refractivity (Wildman–Crippen MR) is 126 cm³/mol. The van der Waals surface area contributed by atoms with Crippen LogP contribution in [0.2, 0.25) is 0 Å². The Labute approximate surface area is 208 Å². The molecule has 0 aliphatic carbocycles. The smallest absolute Gasteiger partial charge is 0.327 e. The van der Waals surface area contributed by atoms with Gasteiger partial charge in [-0.1, -0.05) is 0 Å². The number of aliphatic hydroxyl groups is 1. The molecule has 0 spiro atoms. The lowest BCUT2D eigenvalue weighted by Crippen LogP contribution is -2.58. The molecule has 1 aliphatic heterocycles. The minimum absolute atomic E-state index is 0.167. The summed E-state index contributed by atoms with van der Waals surface area (Å²) >= 11 is 3.83. The number of carboxylic acids is 1. The van der Waals surface area contributed by atoms with E-state index in [0.717, 1.165) is 13.0 Å². The Balaban J connectivity index is 2.55. The van der Waals surface area contributed by atoms with Crippen LogP contribution >= 0.6 is 12.6 Å². The van der Waals surface area contributed by atoms with Crippen molar-refractivity contribution in [3.8, 4) is 0 Å². The minimum Gasteiger partial charge on any atom is -0.480 e. The van der Waals surface area contributed by atoms with Gasteiger partial charge in [0.25, 0.3) is 0 Å². The molecule has 0 aromatic rings. The van der Waals surface area contributed by atoms with E-state index in [1.54, 1.807) is 0 Å². The summed E-state index contributed by atoms with van der Waals surface area (Å²) in [5, 5.41) is 33.5. The second-order valence-electron chi connectivity index (χ2n) is 8.20. The van der Waals surface area contributed by atoms with Crippen molar-refractivity contribution in [2.75, 3.05) is 18.8 Å². The summed E-state index contributed by atoms with van der Waals surface area (Å²) in [4.78, 5) is 72.1. The molecule has 15 heteroatoms. The van der Waals surface area contributed by atoms with Crippen LogP contribution in [-0.2, 0) is 28.8 Å². The molecule has 14 nitrogen and oxygen atoms in total. The number of amides is 5. The lowest BCUT2D eigenvalue weighted by atomic mass is 10.1. The fourth-order valence-corrected chi connectivity index (χ4v) is 3.34. The summed E-state index contributed by atoms with van der Waals surface area (Å²) in [6, 6.07) is -5.17. The maximum absolute atomic E-state index is 12.5. The van der Waals surface area contributed by atoms with Crippen LogP contribution in [0.15, 0.2) is 0 Å². The number of aliphatic hydroxyl groups excluding tert-OH is 1. The number of carboxylic acid groups (broad SMARTS) is 1. The standard InChI is InChI=1S/C20H34N6O8S/c1-9(23-18(31)12-5-4-6-21-12)16(29)22-7-14(28)26-15(11(3)27)19(32)24-10(2)17(30)25-13(8-35)20(33)34/h9-13,15,21,27,35H,4-8H2,1-3H3,(H,22,29)(H,23,31)(H,24,32)(H,25,30)(H,26,28)(H,33,34)/t9-,10-,11+,12-,13-,15-/m0/s1. The Hall–Kier alpha value is -2.91. The van der Waals surface area contributed by atoms with E-state index in [-0.39, 0.29) is 17.7 Å². The first-order valence-electron chi connectivity index (χ1n) is 11.1. The van der Waals surface area contributed by atoms with Crippen molar-refractivity contribution in [2.24, 2.45) is 0 Å². The second kappa shape index (κ2) is 14.5. The number of aliphatic carboxylic acids is 1. The second-order valence-corrected chi connectivity index (χ2v) is 8.56. The van der Waals surface area contributed by atoms with Crippen LogP contribution in [0.4, 0.5) is 0 Å². The quantitative estimate of drug-likeness (QED) is 0.109. The molecule has 1 aliphatic rings. The number of thiol groups is 1. The zero-order chi connectivity index (χ0) is 26.7. The molecule has 35 heavy (non-hydrogen) atoms. The molecule has 8 N–H and O–H groups in total. The van der Waals surface area contributed by atoms with Crippen molar-refractivity contribution in [3.05, 3.63) is 0 Å². The zero-order valence-corrected chi connectivity index (χ0v) is 20.7. The van der Waals surface area contributed by atoms with Crippen molar-refractivity contribution in [2.45, 2.75) is 69.9 Å². The van der Waals surface area contributed by atoms with E-state index in [4.69, 9.17) is 5.11 Å². The predicted octanol–water partition coefficient (Wildman–Crippen LogP) is -3.77. The highest BCUT2D eigenvalue weighted by Gasteiger charge is 2.30. The van der Waals surface area contributed by atoms with Crippen molar-refractivity contribution in [3.63, 3.8) is 0 Å². The SMILES string of the molecule is C[C@H](NC(=O)[C@@H]1CCCN1)C(=O)NCC(=O)N[C@H](C(=O)N[C@@H](C)C(=O)N[C@@H](CS)C(=O)O)[C@@H](C)O. The van der Waals surface area contributed by atoms with Gasteiger partial charge in [0, 0.05) is 5.75 Å². The van der Waals surface area contributed by atoms with Gasteiger partial charge in [0.1, 0.15) is 24.2 Å². The molecule has 0 unspecified atom stereocenters. The first-order chi connectivity index (χ1) is 16.4. The Kier molecular flexibility index (Phi) is 12.5. The Morgan fingerprint density at radius 3 is 2.09 bits per heavy atom. The molecule has 0 aromatic carbocycles. The summed E-state index contributed by atoms with van der Waals surface area (Å²) in [5.41, 5.74) is 0. The average Bonchev–Trinajstić information content (AvgIpc) is 3.33. The molecule has 1 saturated heterocycles. The minimum atomic E-state index is -1.46. The highest BCUT2D eigenvalue weighted by molar-refractivity contribution is 7.80. The summed E-state index contributed by atoms with van der Waals surface area (Å²) in [6.07, 6.45) is 0.172.